The number of hydrogen-bond acceptors (Lipinski definition) is 5. The Bertz CT molecular complexity index is 256. The van der Waals surface area contributed by atoms with Gasteiger partial charge in [0.25, 0.3) is 0 Å². The first kappa shape index (κ1) is 9.06. The number of ether oxygens (including phenoxy) is 3. The summed E-state index contributed by atoms with van der Waals surface area (Å²) in [5.74, 6) is -1.66. The van der Waals surface area contributed by atoms with Crippen molar-refractivity contribution < 1.29 is 24.4 Å². The summed E-state index contributed by atoms with van der Waals surface area (Å²) >= 11 is 0. The number of hydrogen-bond donors (Lipinski definition) is 2. The summed E-state index contributed by atoms with van der Waals surface area (Å²) in [6.45, 7) is 1.84. The van der Waals surface area contributed by atoms with Crippen molar-refractivity contribution in [1.82, 2.24) is 0 Å². The smallest absolute Gasteiger partial charge is 0.245 e. The van der Waals surface area contributed by atoms with Crippen LogP contribution < -0.4 is 0 Å². The zero-order chi connectivity index (χ0) is 9.92. The maximum absolute atomic E-state index is 10.1. The maximum Gasteiger partial charge on any atom is 0.245 e. The van der Waals surface area contributed by atoms with Gasteiger partial charge in [-0.1, -0.05) is 0 Å². The van der Waals surface area contributed by atoms with E-state index in [1.54, 1.807) is 0 Å². The highest BCUT2D eigenvalue weighted by Crippen LogP contribution is 2.45. The molecule has 0 aromatic carbocycles. The zero-order valence-corrected chi connectivity index (χ0v) is 7.92. The molecule has 1 saturated carbocycles. The number of aliphatic hydroxyl groups excluding tert-OH is 1. The Hall–Kier alpha value is -0.200. The van der Waals surface area contributed by atoms with Crippen molar-refractivity contribution in [1.29, 1.82) is 0 Å². The monoisotopic (exact) mass is 202 g/mol. The van der Waals surface area contributed by atoms with Crippen LogP contribution in [0, 0.1) is 0 Å². The Morgan fingerprint density at radius 3 is 2.79 bits per heavy atom. The molecule has 5 nitrogen and oxygen atoms in total. The lowest BCUT2D eigenvalue weighted by atomic mass is 9.99. The third-order valence-corrected chi connectivity index (χ3v) is 3.04. The lowest BCUT2D eigenvalue weighted by Crippen LogP contribution is -2.63. The molecule has 14 heavy (non-hydrogen) atoms. The molecule has 5 heteroatoms. The van der Waals surface area contributed by atoms with E-state index in [1.807, 2.05) is 6.92 Å². The largest absolute Gasteiger partial charge is 0.387 e. The fraction of sp³-hybridized carbons (Fsp3) is 1.00. The second-order valence-electron chi connectivity index (χ2n) is 4.35. The highest BCUT2D eigenvalue weighted by molar-refractivity contribution is 5.01. The van der Waals surface area contributed by atoms with E-state index in [-0.39, 0.29) is 18.3 Å². The van der Waals surface area contributed by atoms with E-state index >= 15 is 0 Å². The molecule has 0 amide bonds. The van der Waals surface area contributed by atoms with Gasteiger partial charge in [0.2, 0.25) is 12.1 Å². The molecule has 0 radical (unpaired) electrons. The van der Waals surface area contributed by atoms with Gasteiger partial charge >= 0.3 is 0 Å². The molecular formula is C9H14O5. The van der Waals surface area contributed by atoms with Crippen LogP contribution in [-0.4, -0.2) is 46.7 Å². The average Bonchev–Trinajstić information content (AvgIpc) is 2.80. The summed E-state index contributed by atoms with van der Waals surface area (Å²) in [7, 11) is 0. The standard InChI is InChI=1S/C9H14O5/c1-4-2-7(10)9(11)8(12-4)13-5-3-6(5)14-9/h4-8,10-11H,2-3H2,1H3. The van der Waals surface area contributed by atoms with Gasteiger partial charge in [-0.05, 0) is 6.92 Å². The van der Waals surface area contributed by atoms with Crippen LogP contribution in [0.15, 0.2) is 0 Å². The molecule has 3 fully saturated rings. The number of rotatable bonds is 0. The van der Waals surface area contributed by atoms with Crippen molar-refractivity contribution >= 4 is 0 Å². The Morgan fingerprint density at radius 1 is 1.21 bits per heavy atom. The molecule has 2 saturated heterocycles. The first-order chi connectivity index (χ1) is 6.59. The molecule has 2 N–H and O–H groups in total. The first-order valence-electron chi connectivity index (χ1n) is 4.99. The van der Waals surface area contributed by atoms with E-state index < -0.39 is 18.2 Å². The molecule has 0 aromatic rings. The van der Waals surface area contributed by atoms with Crippen molar-refractivity contribution in [3.8, 4) is 0 Å². The van der Waals surface area contributed by atoms with Gasteiger partial charge in [0.1, 0.15) is 6.10 Å². The fourth-order valence-electron chi connectivity index (χ4n) is 2.09. The third-order valence-electron chi connectivity index (χ3n) is 3.04. The van der Waals surface area contributed by atoms with E-state index in [9.17, 15) is 10.2 Å². The SMILES string of the molecule is CC1CC(O)C2(O)OC3CC3OC2O1. The first-order valence-corrected chi connectivity index (χ1v) is 4.99. The molecule has 2 heterocycles. The van der Waals surface area contributed by atoms with Gasteiger partial charge in [-0.15, -0.1) is 0 Å². The normalized spacial score (nSPS) is 61.5. The van der Waals surface area contributed by atoms with Gasteiger partial charge in [0, 0.05) is 12.8 Å². The summed E-state index contributed by atoms with van der Waals surface area (Å²) in [6.07, 6.45) is -0.769. The van der Waals surface area contributed by atoms with Gasteiger partial charge in [0.05, 0.1) is 18.3 Å². The molecule has 0 aromatic heterocycles. The average molecular weight is 202 g/mol. The highest BCUT2D eigenvalue weighted by atomic mass is 16.8. The van der Waals surface area contributed by atoms with Crippen LogP contribution in [0.25, 0.3) is 0 Å². The molecule has 80 valence electrons. The molecule has 0 spiro atoms. The molecule has 0 bridgehead atoms. The van der Waals surface area contributed by atoms with Crippen LogP contribution in [-0.2, 0) is 14.2 Å². The zero-order valence-electron chi connectivity index (χ0n) is 7.92. The minimum atomic E-state index is -1.66. The van der Waals surface area contributed by atoms with Gasteiger partial charge in [-0.3, -0.25) is 0 Å². The van der Waals surface area contributed by atoms with Gasteiger partial charge < -0.3 is 24.4 Å². The van der Waals surface area contributed by atoms with Crippen LogP contribution in [0.2, 0.25) is 0 Å². The Labute approximate surface area is 81.6 Å². The van der Waals surface area contributed by atoms with Crippen LogP contribution in [0.4, 0.5) is 0 Å². The van der Waals surface area contributed by atoms with E-state index in [0.29, 0.717) is 6.42 Å². The number of aliphatic hydroxyl groups is 2. The topological polar surface area (TPSA) is 68.2 Å². The van der Waals surface area contributed by atoms with Crippen LogP contribution in [0.1, 0.15) is 19.8 Å². The fourth-order valence-corrected chi connectivity index (χ4v) is 2.09. The van der Waals surface area contributed by atoms with Crippen molar-refractivity contribution in [2.75, 3.05) is 0 Å². The van der Waals surface area contributed by atoms with Gasteiger partial charge in [-0.2, -0.15) is 0 Å². The second-order valence-corrected chi connectivity index (χ2v) is 4.35. The molecule has 3 aliphatic rings. The van der Waals surface area contributed by atoms with Crippen molar-refractivity contribution in [2.24, 2.45) is 0 Å². The quantitative estimate of drug-likeness (QED) is 0.547. The molecule has 1 aliphatic carbocycles. The Balaban J connectivity index is 1.85. The summed E-state index contributed by atoms with van der Waals surface area (Å²) in [6, 6.07) is 0. The predicted molar refractivity (Wildman–Crippen MR) is 44.3 cm³/mol. The summed E-state index contributed by atoms with van der Waals surface area (Å²) in [5, 5.41) is 19.8. The maximum atomic E-state index is 10.1. The minimum Gasteiger partial charge on any atom is -0.387 e. The van der Waals surface area contributed by atoms with Crippen molar-refractivity contribution in [2.45, 2.75) is 56.3 Å². The van der Waals surface area contributed by atoms with Crippen LogP contribution in [0.5, 0.6) is 0 Å². The molecular weight excluding hydrogens is 188 g/mol. The lowest BCUT2D eigenvalue weighted by Gasteiger charge is -2.46. The van der Waals surface area contributed by atoms with Crippen molar-refractivity contribution in [3.05, 3.63) is 0 Å². The van der Waals surface area contributed by atoms with Gasteiger partial charge in [0.15, 0.2) is 0 Å². The summed E-state index contributed by atoms with van der Waals surface area (Å²) in [5.41, 5.74) is 0. The molecule has 6 atom stereocenters. The molecule has 6 unspecified atom stereocenters. The lowest BCUT2D eigenvalue weighted by molar-refractivity contribution is -0.422. The summed E-state index contributed by atoms with van der Waals surface area (Å²) < 4.78 is 16.2. The predicted octanol–water partition coefficient (Wildman–Crippen LogP) is -0.642. The Morgan fingerprint density at radius 2 is 2.00 bits per heavy atom. The van der Waals surface area contributed by atoms with Crippen LogP contribution in [0.3, 0.4) is 0 Å². The van der Waals surface area contributed by atoms with E-state index in [0.717, 1.165) is 6.42 Å². The second kappa shape index (κ2) is 2.68. The van der Waals surface area contributed by atoms with Crippen LogP contribution >= 0.6 is 0 Å². The molecule has 2 aliphatic heterocycles. The van der Waals surface area contributed by atoms with Crippen molar-refractivity contribution in [3.63, 3.8) is 0 Å². The third kappa shape index (κ3) is 1.14. The van der Waals surface area contributed by atoms with E-state index in [2.05, 4.69) is 0 Å². The molecule has 3 rings (SSSR count). The highest BCUT2D eigenvalue weighted by Gasteiger charge is 2.62. The van der Waals surface area contributed by atoms with E-state index in [1.165, 1.54) is 0 Å². The summed E-state index contributed by atoms with van der Waals surface area (Å²) in [4.78, 5) is 0. The minimum absolute atomic E-state index is 0.0396. The number of fused-ring (bicyclic) bond motifs is 2. The Kier molecular flexibility index (Phi) is 1.73. The van der Waals surface area contributed by atoms with E-state index in [4.69, 9.17) is 14.2 Å². The van der Waals surface area contributed by atoms with Gasteiger partial charge in [-0.25, -0.2) is 0 Å².